The Morgan fingerprint density at radius 1 is 0.767 bits per heavy atom. The second kappa shape index (κ2) is 12.1. The van der Waals surface area contributed by atoms with Crippen LogP contribution in [0.15, 0.2) is 85.1 Å². The van der Waals surface area contributed by atoms with Crippen LogP contribution in [0.25, 0.3) is 0 Å². The van der Waals surface area contributed by atoms with Crippen molar-refractivity contribution < 1.29 is 43.2 Å². The van der Waals surface area contributed by atoms with E-state index < -0.39 is 20.0 Å². The van der Waals surface area contributed by atoms with E-state index in [2.05, 4.69) is 84.0 Å². The summed E-state index contributed by atoms with van der Waals surface area (Å²) in [5, 5.41) is 0. The minimum atomic E-state index is -2.26. The minimum absolute atomic E-state index is 0.377. The van der Waals surface area contributed by atoms with Gasteiger partial charge >= 0.3 is 203 Å². The molecule has 0 radical (unpaired) electrons. The van der Waals surface area contributed by atoms with Crippen LogP contribution in [0.5, 0.6) is 0 Å². The summed E-state index contributed by atoms with van der Waals surface area (Å²) in [6.07, 6.45) is 33.5. The summed E-state index contributed by atoms with van der Waals surface area (Å²) in [5.41, 5.74) is 3.36. The molecule has 0 fully saturated rings. The normalized spacial score (nSPS) is 19.6. The van der Waals surface area contributed by atoms with Crippen LogP contribution >= 0.6 is 0 Å². The second-order valence-corrected chi connectivity index (χ2v) is 28.9. The molecule has 158 valence electrons. The van der Waals surface area contributed by atoms with Crippen molar-refractivity contribution in [1.29, 1.82) is 0 Å². The Morgan fingerprint density at radius 3 is 2.10 bits per heavy atom. The maximum atomic E-state index is 2.60. The Labute approximate surface area is 201 Å². The van der Waals surface area contributed by atoms with Gasteiger partial charge in [0.2, 0.25) is 0 Å². The molecule has 0 spiro atoms. The molecule has 30 heavy (non-hydrogen) atoms. The molecule has 0 aromatic heterocycles. The van der Waals surface area contributed by atoms with Gasteiger partial charge in [0.25, 0.3) is 0 Å². The van der Waals surface area contributed by atoms with Crippen LogP contribution in [0.4, 0.5) is 0 Å². The van der Waals surface area contributed by atoms with E-state index in [0.29, 0.717) is 0 Å². The first-order valence-electron chi connectivity index (χ1n) is 11.8. The molecule has 0 unspecified atom stereocenters. The zero-order valence-corrected chi connectivity index (χ0v) is 25.5. The van der Waals surface area contributed by atoms with E-state index in [4.69, 9.17) is 0 Å². The van der Waals surface area contributed by atoms with Gasteiger partial charge in [0.15, 0.2) is 0 Å². The molecule has 0 atom stereocenters. The van der Waals surface area contributed by atoms with Crippen molar-refractivity contribution in [1.82, 2.24) is 0 Å². The van der Waals surface area contributed by atoms with Gasteiger partial charge in [-0.15, -0.1) is 0 Å². The van der Waals surface area contributed by atoms with Crippen LogP contribution in [0.2, 0.25) is 9.36 Å². The van der Waals surface area contributed by atoms with E-state index in [1.807, 2.05) is 6.61 Å². The zero-order valence-electron chi connectivity index (χ0n) is 19.4. The Hall–Kier alpha value is -0.327. The fourth-order valence-electron chi connectivity index (χ4n) is 4.73. The molecule has 4 aliphatic rings. The van der Waals surface area contributed by atoms with Crippen LogP contribution in [0.3, 0.4) is 0 Å². The van der Waals surface area contributed by atoms with Crippen LogP contribution in [-0.2, 0) is 43.2 Å². The van der Waals surface area contributed by atoms with Crippen LogP contribution in [0, 0.1) is 0 Å². The molecule has 0 N–H and O–H groups in total. The summed E-state index contributed by atoms with van der Waals surface area (Å²) >= 11 is -2.64. The molecule has 0 aromatic rings. The van der Waals surface area contributed by atoms with Crippen molar-refractivity contribution in [3.63, 3.8) is 0 Å². The molecule has 0 amide bonds. The number of hydrogen-bond acceptors (Lipinski definition) is 0. The molecule has 0 aliphatic heterocycles. The van der Waals surface area contributed by atoms with E-state index in [1.54, 1.807) is 17.8 Å². The van der Waals surface area contributed by atoms with Crippen molar-refractivity contribution in [3.05, 3.63) is 85.1 Å². The molecule has 0 saturated heterocycles. The van der Waals surface area contributed by atoms with Crippen molar-refractivity contribution in [2.45, 2.75) is 74.6 Å². The fourth-order valence-corrected chi connectivity index (χ4v) is 19.5. The Kier molecular flexibility index (Phi) is 9.77. The topological polar surface area (TPSA) is 0 Å². The second-order valence-electron chi connectivity index (χ2n) is 9.12. The summed E-state index contributed by atoms with van der Waals surface area (Å²) < 4.78 is 12.4. The van der Waals surface area contributed by atoms with Crippen LogP contribution in [-0.4, -0.2) is 0 Å². The Balaban J connectivity index is 0.000000172. The van der Waals surface area contributed by atoms with E-state index in [9.17, 15) is 0 Å². The standard InChI is InChI=1S/2C8H11.2C5H5.2CH3.Hf.Zr/c2*1-2-5-8-6-3-4-7-8;2*1-2-4-5-3-1;;;;/h2*3,6H,2,4-5H2,1H3;2*1-3H,4H2;2*1H3;;. The molecule has 0 nitrogen and oxygen atoms in total. The SMILES string of the molecule is CCCC1=[C]([Hf]([CH3])([CH3])[C]2=CC=CC2)CC=C1.CCCC1=[C]([Zr][C]2=CC=CC2)CC=C1. The van der Waals surface area contributed by atoms with E-state index >= 15 is 0 Å². The fraction of sp³-hybridized carbons (Fsp3) is 0.429. The predicted octanol–water partition coefficient (Wildman–Crippen LogP) is 9.02. The van der Waals surface area contributed by atoms with Crippen LogP contribution in [0.1, 0.15) is 65.2 Å². The molecule has 4 rings (SSSR count). The predicted molar refractivity (Wildman–Crippen MR) is 127 cm³/mol. The number of allylic oxidation sites excluding steroid dienone is 16. The van der Waals surface area contributed by atoms with Crippen LogP contribution < -0.4 is 0 Å². The zero-order chi connectivity index (χ0) is 21.4. The summed E-state index contributed by atoms with van der Waals surface area (Å²) in [4.78, 5) is 0. The van der Waals surface area contributed by atoms with Gasteiger partial charge in [0, 0.05) is 0 Å². The van der Waals surface area contributed by atoms with Crippen molar-refractivity contribution in [2.24, 2.45) is 0 Å². The van der Waals surface area contributed by atoms with Gasteiger partial charge in [0.05, 0.1) is 0 Å². The first kappa shape index (κ1) is 24.3. The maximum absolute atomic E-state index is 2.60. The third-order valence-electron chi connectivity index (χ3n) is 6.51. The molecule has 0 bridgehead atoms. The van der Waals surface area contributed by atoms with Gasteiger partial charge in [0.1, 0.15) is 0 Å². The third kappa shape index (κ3) is 6.35. The van der Waals surface area contributed by atoms with Gasteiger partial charge in [-0.2, -0.15) is 0 Å². The molecule has 2 heteroatoms. The van der Waals surface area contributed by atoms with Crippen molar-refractivity contribution >= 4 is 0 Å². The average Bonchev–Trinajstić information content (AvgIpc) is 3.53. The van der Waals surface area contributed by atoms with Gasteiger partial charge in [-0.3, -0.25) is 0 Å². The van der Waals surface area contributed by atoms with E-state index in [1.165, 1.54) is 51.4 Å². The van der Waals surface area contributed by atoms with Gasteiger partial charge in [-0.05, 0) is 0 Å². The van der Waals surface area contributed by atoms with E-state index in [0.717, 1.165) is 0 Å². The summed E-state index contributed by atoms with van der Waals surface area (Å²) in [5.74, 6) is 0. The van der Waals surface area contributed by atoms with Crippen molar-refractivity contribution in [3.8, 4) is 0 Å². The van der Waals surface area contributed by atoms with Gasteiger partial charge in [-0.1, -0.05) is 0 Å². The number of rotatable bonds is 8. The molecular weight excluding hydrogens is 606 g/mol. The first-order valence-corrected chi connectivity index (χ1v) is 25.1. The van der Waals surface area contributed by atoms with Gasteiger partial charge in [-0.25, -0.2) is 0 Å². The summed E-state index contributed by atoms with van der Waals surface area (Å²) in [6, 6.07) is 0. The van der Waals surface area contributed by atoms with Gasteiger partial charge < -0.3 is 0 Å². The van der Waals surface area contributed by atoms with Crippen molar-refractivity contribution in [2.75, 3.05) is 0 Å². The Morgan fingerprint density at radius 2 is 1.43 bits per heavy atom. The first-order chi connectivity index (χ1) is 14.6. The summed E-state index contributed by atoms with van der Waals surface area (Å²) in [7, 11) is 0. The molecule has 0 aromatic carbocycles. The molecule has 4 aliphatic carbocycles. The molecule has 0 heterocycles. The summed E-state index contributed by atoms with van der Waals surface area (Å²) in [6.45, 7) is 4.56. The van der Waals surface area contributed by atoms with E-state index in [-0.39, 0.29) is 23.2 Å². The Bertz CT molecular complexity index is 868. The average molecular weight is 644 g/mol. The molecular formula is C28H38HfZr. The monoisotopic (exact) mass is 644 g/mol. The quantitative estimate of drug-likeness (QED) is 0.232. The third-order valence-corrected chi connectivity index (χ3v) is 24.6. The molecule has 0 saturated carbocycles. The number of hydrogen-bond donors (Lipinski definition) is 0.